The Labute approximate surface area is 71.8 Å². The Morgan fingerprint density at radius 1 is 1.33 bits per heavy atom. The van der Waals surface area contributed by atoms with E-state index in [1.165, 1.54) is 0 Å². The van der Waals surface area contributed by atoms with Crippen molar-refractivity contribution in [3.05, 3.63) is 30.3 Å². The lowest BCUT2D eigenvalue weighted by atomic mass is 10.3. The molecule has 0 radical (unpaired) electrons. The molecule has 12 heavy (non-hydrogen) atoms. The molecule has 3 heteroatoms. The van der Waals surface area contributed by atoms with E-state index in [0.29, 0.717) is 13.0 Å². The highest BCUT2D eigenvalue weighted by Gasteiger charge is 1.95. The number of aliphatic hydroxyl groups excluding tert-OH is 1. The summed E-state index contributed by atoms with van der Waals surface area (Å²) in [5, 5.41) is 8.73. The van der Waals surface area contributed by atoms with Crippen molar-refractivity contribution >= 4 is 0 Å². The van der Waals surface area contributed by atoms with Gasteiger partial charge in [-0.05, 0) is 12.1 Å². The second-order valence-electron chi connectivity index (χ2n) is 2.52. The van der Waals surface area contributed by atoms with Gasteiger partial charge in [-0.3, -0.25) is 0 Å². The maximum atomic E-state index is 8.73. The lowest BCUT2D eigenvalue weighted by Gasteiger charge is -2.06. The van der Waals surface area contributed by atoms with Crippen LogP contribution in [-0.4, -0.2) is 17.9 Å². The highest BCUT2D eigenvalue weighted by Crippen LogP contribution is 2.08. The smallest absolute Gasteiger partial charge is 0.119 e. The van der Waals surface area contributed by atoms with Gasteiger partial charge in [0.25, 0.3) is 0 Å². The predicted octanol–water partition coefficient (Wildman–Crippen LogP) is 0.733. The van der Waals surface area contributed by atoms with Crippen LogP contribution in [0, 0.1) is 0 Å². The molecule has 1 aromatic carbocycles. The van der Waals surface area contributed by atoms with E-state index in [-0.39, 0.29) is 0 Å². The molecule has 1 unspecified atom stereocenters. The van der Waals surface area contributed by atoms with E-state index in [2.05, 4.69) is 0 Å². The number of rotatable bonds is 4. The molecule has 0 aliphatic rings. The number of aliphatic hydroxyl groups is 1. The Bertz CT molecular complexity index is 211. The van der Waals surface area contributed by atoms with Crippen LogP contribution in [0.1, 0.15) is 6.42 Å². The van der Waals surface area contributed by atoms with Gasteiger partial charge in [0, 0.05) is 6.42 Å². The molecule has 0 aliphatic carbocycles. The van der Waals surface area contributed by atoms with E-state index < -0.39 is 6.23 Å². The van der Waals surface area contributed by atoms with Crippen LogP contribution >= 0.6 is 0 Å². The fourth-order valence-electron chi connectivity index (χ4n) is 0.814. The summed E-state index contributed by atoms with van der Waals surface area (Å²) in [5.74, 6) is 0.804. The van der Waals surface area contributed by atoms with Crippen molar-refractivity contribution in [3.8, 4) is 5.75 Å². The number of benzene rings is 1. The van der Waals surface area contributed by atoms with E-state index in [1.807, 2.05) is 30.3 Å². The van der Waals surface area contributed by atoms with Gasteiger partial charge in [0.15, 0.2) is 0 Å². The molecule has 1 rings (SSSR count). The molecule has 0 bridgehead atoms. The fourth-order valence-corrected chi connectivity index (χ4v) is 0.814. The minimum absolute atomic E-state index is 0.446. The molecule has 1 aromatic rings. The van der Waals surface area contributed by atoms with E-state index in [9.17, 15) is 0 Å². The fraction of sp³-hybridized carbons (Fsp3) is 0.333. The molecule has 0 amide bonds. The molecule has 0 saturated carbocycles. The molecule has 3 N–H and O–H groups in total. The lowest BCUT2D eigenvalue weighted by molar-refractivity contribution is 0.145. The van der Waals surface area contributed by atoms with Crippen LogP contribution in [-0.2, 0) is 0 Å². The maximum absolute atomic E-state index is 8.73. The molecule has 1 atom stereocenters. The Hall–Kier alpha value is -1.06. The Kier molecular flexibility index (Phi) is 3.57. The van der Waals surface area contributed by atoms with Gasteiger partial charge in [0.05, 0.1) is 6.61 Å². The number of ether oxygens (including phenoxy) is 1. The van der Waals surface area contributed by atoms with Crippen molar-refractivity contribution in [3.63, 3.8) is 0 Å². The number of para-hydroxylation sites is 1. The monoisotopic (exact) mass is 167 g/mol. The summed E-state index contributed by atoms with van der Waals surface area (Å²) in [7, 11) is 0. The summed E-state index contributed by atoms with van der Waals surface area (Å²) in [5.41, 5.74) is 5.13. The first-order chi connectivity index (χ1) is 5.79. The van der Waals surface area contributed by atoms with Gasteiger partial charge in [-0.1, -0.05) is 18.2 Å². The third-order valence-corrected chi connectivity index (χ3v) is 1.43. The van der Waals surface area contributed by atoms with Crippen molar-refractivity contribution in [1.29, 1.82) is 0 Å². The van der Waals surface area contributed by atoms with Crippen LogP contribution in [0.4, 0.5) is 0 Å². The molecule has 3 nitrogen and oxygen atoms in total. The predicted molar refractivity (Wildman–Crippen MR) is 46.7 cm³/mol. The normalized spacial score (nSPS) is 12.5. The van der Waals surface area contributed by atoms with Gasteiger partial charge < -0.3 is 15.6 Å². The zero-order valence-corrected chi connectivity index (χ0v) is 6.81. The highest BCUT2D eigenvalue weighted by atomic mass is 16.5. The van der Waals surface area contributed by atoms with Gasteiger partial charge in [-0.15, -0.1) is 0 Å². The lowest BCUT2D eigenvalue weighted by Crippen LogP contribution is -2.21. The average molecular weight is 167 g/mol. The zero-order chi connectivity index (χ0) is 8.81. The quantitative estimate of drug-likeness (QED) is 0.650. The summed E-state index contributed by atoms with van der Waals surface area (Å²) >= 11 is 0. The maximum Gasteiger partial charge on any atom is 0.119 e. The third-order valence-electron chi connectivity index (χ3n) is 1.43. The first kappa shape index (κ1) is 9.03. The molecule has 0 spiro atoms. The van der Waals surface area contributed by atoms with Crippen molar-refractivity contribution < 1.29 is 9.84 Å². The minimum atomic E-state index is -0.784. The van der Waals surface area contributed by atoms with Crippen LogP contribution < -0.4 is 10.5 Å². The molecule has 0 aromatic heterocycles. The highest BCUT2D eigenvalue weighted by molar-refractivity contribution is 5.20. The van der Waals surface area contributed by atoms with Gasteiger partial charge in [0.1, 0.15) is 12.0 Å². The minimum Gasteiger partial charge on any atom is -0.493 e. The zero-order valence-electron chi connectivity index (χ0n) is 6.81. The van der Waals surface area contributed by atoms with Gasteiger partial charge >= 0.3 is 0 Å². The average Bonchev–Trinajstić information content (AvgIpc) is 2.05. The topological polar surface area (TPSA) is 55.5 Å². The number of hydrogen-bond donors (Lipinski definition) is 2. The van der Waals surface area contributed by atoms with Gasteiger partial charge in [-0.2, -0.15) is 0 Å². The first-order valence-corrected chi connectivity index (χ1v) is 3.90. The van der Waals surface area contributed by atoms with Crippen LogP contribution in [0.15, 0.2) is 30.3 Å². The second-order valence-corrected chi connectivity index (χ2v) is 2.52. The van der Waals surface area contributed by atoms with E-state index in [0.717, 1.165) is 5.75 Å². The van der Waals surface area contributed by atoms with Crippen LogP contribution in [0.2, 0.25) is 0 Å². The summed E-state index contributed by atoms with van der Waals surface area (Å²) in [6, 6.07) is 9.44. The summed E-state index contributed by atoms with van der Waals surface area (Å²) in [6.45, 7) is 0.446. The summed E-state index contributed by atoms with van der Waals surface area (Å²) < 4.78 is 5.28. The molecule has 0 aliphatic heterocycles. The van der Waals surface area contributed by atoms with E-state index >= 15 is 0 Å². The largest absolute Gasteiger partial charge is 0.493 e. The Balaban J connectivity index is 2.25. The molecule has 66 valence electrons. The van der Waals surface area contributed by atoms with Crippen molar-refractivity contribution in [2.45, 2.75) is 12.6 Å². The van der Waals surface area contributed by atoms with Crippen LogP contribution in [0.5, 0.6) is 5.75 Å². The number of nitrogens with two attached hydrogens (primary N) is 1. The Morgan fingerprint density at radius 3 is 2.58 bits per heavy atom. The van der Waals surface area contributed by atoms with Gasteiger partial charge in [0.2, 0.25) is 0 Å². The van der Waals surface area contributed by atoms with Crippen LogP contribution in [0.25, 0.3) is 0 Å². The second kappa shape index (κ2) is 4.74. The first-order valence-electron chi connectivity index (χ1n) is 3.90. The van der Waals surface area contributed by atoms with E-state index in [1.54, 1.807) is 0 Å². The summed E-state index contributed by atoms with van der Waals surface area (Å²) in [4.78, 5) is 0. The Morgan fingerprint density at radius 2 is 2.00 bits per heavy atom. The van der Waals surface area contributed by atoms with Crippen LogP contribution in [0.3, 0.4) is 0 Å². The molecular formula is C9H13NO2. The SMILES string of the molecule is NC(O)CCOc1ccccc1. The van der Waals surface area contributed by atoms with Crippen molar-refractivity contribution in [1.82, 2.24) is 0 Å². The molecular weight excluding hydrogens is 154 g/mol. The molecule has 0 saturated heterocycles. The van der Waals surface area contributed by atoms with Crippen molar-refractivity contribution in [2.75, 3.05) is 6.61 Å². The third kappa shape index (κ3) is 3.37. The molecule has 0 heterocycles. The summed E-state index contributed by atoms with van der Waals surface area (Å²) in [6.07, 6.45) is -0.330. The standard InChI is InChI=1S/C9H13NO2/c10-9(11)6-7-12-8-4-2-1-3-5-8/h1-5,9,11H,6-7,10H2. The molecule has 0 fully saturated rings. The van der Waals surface area contributed by atoms with Crippen molar-refractivity contribution in [2.24, 2.45) is 5.73 Å². The van der Waals surface area contributed by atoms with Gasteiger partial charge in [-0.25, -0.2) is 0 Å². The van der Waals surface area contributed by atoms with E-state index in [4.69, 9.17) is 15.6 Å². The number of hydrogen-bond acceptors (Lipinski definition) is 3.